The monoisotopic (exact) mass is 585 g/mol. The fraction of sp³-hybridized carbons (Fsp3) is 0.611. The van der Waals surface area contributed by atoms with Gasteiger partial charge < -0.3 is 20.0 Å². The summed E-state index contributed by atoms with van der Waals surface area (Å²) in [6.45, 7) is 6.53. The Morgan fingerprint density at radius 1 is 0.930 bits per heavy atom. The highest BCUT2D eigenvalue weighted by molar-refractivity contribution is 5.89. The van der Waals surface area contributed by atoms with Gasteiger partial charge in [-0.3, -0.25) is 14.5 Å². The Morgan fingerprint density at radius 3 is 2.51 bits per heavy atom. The summed E-state index contributed by atoms with van der Waals surface area (Å²) in [6.07, 6.45) is 8.17. The first-order chi connectivity index (χ1) is 20.8. The van der Waals surface area contributed by atoms with Gasteiger partial charge in [0.05, 0.1) is 12.0 Å². The maximum atomic E-state index is 13.6. The molecule has 0 radical (unpaired) electrons. The van der Waals surface area contributed by atoms with Crippen LogP contribution in [0, 0.1) is 17.3 Å². The molecule has 2 aromatic carbocycles. The van der Waals surface area contributed by atoms with Gasteiger partial charge in [0.15, 0.2) is 0 Å². The van der Waals surface area contributed by atoms with Crippen molar-refractivity contribution in [1.29, 1.82) is 0 Å². The zero-order chi connectivity index (χ0) is 29.8. The number of piperazine rings is 1. The van der Waals surface area contributed by atoms with Gasteiger partial charge in [-0.25, -0.2) is 0 Å². The summed E-state index contributed by atoms with van der Waals surface area (Å²) in [5, 5.41) is 22.3. The third-order valence-electron chi connectivity index (χ3n) is 12.3. The molecule has 2 N–H and O–H groups in total. The summed E-state index contributed by atoms with van der Waals surface area (Å²) in [5.74, 6) is 2.15. The zero-order valence-corrected chi connectivity index (χ0v) is 25.6. The fourth-order valence-corrected chi connectivity index (χ4v) is 9.84. The second-order valence-electron chi connectivity index (χ2n) is 14.3. The molecular formula is C36H47N3O4. The first-order valence-corrected chi connectivity index (χ1v) is 16.6. The predicted molar refractivity (Wildman–Crippen MR) is 166 cm³/mol. The van der Waals surface area contributed by atoms with Crippen LogP contribution in [0.4, 0.5) is 0 Å². The lowest BCUT2D eigenvalue weighted by molar-refractivity contribution is -0.146. The van der Waals surface area contributed by atoms with Crippen LogP contribution in [0.3, 0.4) is 0 Å². The number of hydrogen-bond acceptors (Lipinski definition) is 5. The van der Waals surface area contributed by atoms with Crippen molar-refractivity contribution < 1.29 is 19.8 Å². The summed E-state index contributed by atoms with van der Waals surface area (Å²) in [6, 6.07) is 15.4. The minimum Gasteiger partial charge on any atom is -0.508 e. The Kier molecular flexibility index (Phi) is 7.53. The number of carbonyl (C=O) groups is 2. The summed E-state index contributed by atoms with van der Waals surface area (Å²) in [4.78, 5) is 32.9. The van der Waals surface area contributed by atoms with Crippen LogP contribution in [0.1, 0.15) is 74.5 Å². The third kappa shape index (κ3) is 5.06. The molecule has 4 fully saturated rings. The Hall–Kier alpha value is -2.90. The van der Waals surface area contributed by atoms with Crippen molar-refractivity contribution in [3.05, 3.63) is 65.2 Å². The minimum atomic E-state index is -0.712. The van der Waals surface area contributed by atoms with Crippen molar-refractivity contribution >= 4 is 11.8 Å². The number of aliphatic hydroxyl groups is 1. The van der Waals surface area contributed by atoms with Gasteiger partial charge in [0, 0.05) is 44.7 Å². The van der Waals surface area contributed by atoms with Crippen LogP contribution in [0.15, 0.2) is 48.5 Å². The molecule has 2 saturated carbocycles. The van der Waals surface area contributed by atoms with Gasteiger partial charge >= 0.3 is 0 Å². The van der Waals surface area contributed by atoms with Gasteiger partial charge in [0.1, 0.15) is 11.8 Å². The molecule has 2 aromatic rings. The highest BCUT2D eigenvalue weighted by atomic mass is 16.3. The molecule has 43 heavy (non-hydrogen) atoms. The number of nitrogens with zero attached hydrogens (tertiary/aromatic N) is 3. The molecule has 230 valence electrons. The Balaban J connectivity index is 0.961. The quantitative estimate of drug-likeness (QED) is 0.545. The van der Waals surface area contributed by atoms with Crippen LogP contribution in [-0.2, 0) is 22.4 Å². The van der Waals surface area contributed by atoms with Gasteiger partial charge in [-0.2, -0.15) is 0 Å². The molecule has 2 amide bonds. The van der Waals surface area contributed by atoms with Gasteiger partial charge in [0.25, 0.3) is 0 Å². The largest absolute Gasteiger partial charge is 0.508 e. The van der Waals surface area contributed by atoms with E-state index in [4.69, 9.17) is 0 Å². The molecule has 2 heterocycles. The maximum absolute atomic E-state index is 13.6. The van der Waals surface area contributed by atoms with Crippen LogP contribution >= 0.6 is 0 Å². The molecule has 6 atom stereocenters. The van der Waals surface area contributed by atoms with Crippen molar-refractivity contribution in [1.82, 2.24) is 14.7 Å². The standard InChI is InChI=1S/C36H47N3O4/c1-35-15-13-29-28-12-10-27(40)23-26(28)9-11-30(29)31(35)14-16-36(35,43)24-37-18-20-38(21-19-37)34(42)32-8-5-17-39(32)33(41)22-25-6-3-2-4-7-25/h2-4,6-7,10,12,23,29-32,40,43H,5,8-9,11,13-22,24H2,1H3/t29-,30-,31+,32+,35+,36-/m1/s1. The van der Waals surface area contributed by atoms with Crippen LogP contribution < -0.4 is 0 Å². The number of aryl methyl sites for hydroxylation is 1. The first-order valence-electron chi connectivity index (χ1n) is 16.6. The van der Waals surface area contributed by atoms with E-state index in [1.54, 1.807) is 0 Å². The van der Waals surface area contributed by atoms with Crippen molar-refractivity contribution in [2.45, 2.75) is 82.3 Å². The molecule has 0 spiro atoms. The lowest BCUT2D eigenvalue weighted by Gasteiger charge is -2.54. The predicted octanol–water partition coefficient (Wildman–Crippen LogP) is 4.36. The number of hydrogen-bond donors (Lipinski definition) is 2. The van der Waals surface area contributed by atoms with Crippen LogP contribution in [0.25, 0.3) is 0 Å². The fourth-order valence-electron chi connectivity index (χ4n) is 9.84. The molecule has 2 saturated heterocycles. The SMILES string of the molecule is C[C@]12CC[C@@H]3c4ccc(O)cc4CC[C@H]3[C@@H]1CC[C@@]2(O)CN1CCN(C(=O)[C@@H]2CCCN2C(=O)Cc2ccccc2)CC1. The second-order valence-corrected chi connectivity index (χ2v) is 14.3. The summed E-state index contributed by atoms with van der Waals surface area (Å²) in [7, 11) is 0. The van der Waals surface area contributed by atoms with E-state index in [1.165, 1.54) is 11.1 Å². The highest BCUT2D eigenvalue weighted by Crippen LogP contribution is 2.64. The van der Waals surface area contributed by atoms with E-state index in [-0.39, 0.29) is 23.3 Å². The van der Waals surface area contributed by atoms with Crippen LogP contribution in [-0.4, -0.2) is 87.6 Å². The van der Waals surface area contributed by atoms with Gasteiger partial charge in [-0.1, -0.05) is 43.3 Å². The van der Waals surface area contributed by atoms with E-state index in [0.29, 0.717) is 56.1 Å². The van der Waals surface area contributed by atoms with Gasteiger partial charge in [0.2, 0.25) is 11.8 Å². The van der Waals surface area contributed by atoms with Crippen molar-refractivity contribution in [3.63, 3.8) is 0 Å². The van der Waals surface area contributed by atoms with E-state index in [2.05, 4.69) is 17.9 Å². The number of aromatic hydroxyl groups is 1. The summed E-state index contributed by atoms with van der Waals surface area (Å²) in [5.41, 5.74) is 2.92. The normalized spacial score (nSPS) is 34.0. The third-order valence-corrected chi connectivity index (χ3v) is 12.3. The number of carbonyl (C=O) groups excluding carboxylic acids is 2. The van der Waals surface area contributed by atoms with Crippen molar-refractivity contribution in [3.8, 4) is 5.75 Å². The van der Waals surface area contributed by atoms with E-state index in [1.807, 2.05) is 52.3 Å². The number of likely N-dealkylation sites (tertiary alicyclic amines) is 1. The summed E-state index contributed by atoms with van der Waals surface area (Å²) >= 11 is 0. The topological polar surface area (TPSA) is 84.3 Å². The zero-order valence-electron chi connectivity index (χ0n) is 25.6. The van der Waals surface area contributed by atoms with E-state index in [9.17, 15) is 19.8 Å². The number of amides is 2. The smallest absolute Gasteiger partial charge is 0.245 e. The molecule has 3 aliphatic carbocycles. The number of β-amino-alcohol motifs (C(OH)–C–C–N with tert-alkyl or cyclic N) is 1. The molecule has 5 aliphatic rings. The van der Waals surface area contributed by atoms with E-state index < -0.39 is 5.60 Å². The lowest BCUT2D eigenvalue weighted by Crippen LogP contribution is -2.60. The maximum Gasteiger partial charge on any atom is 0.245 e. The number of phenols is 1. The molecule has 7 heteroatoms. The molecule has 0 bridgehead atoms. The van der Waals surface area contributed by atoms with Gasteiger partial charge in [-0.15, -0.1) is 0 Å². The number of benzene rings is 2. The molecule has 7 rings (SSSR count). The summed E-state index contributed by atoms with van der Waals surface area (Å²) < 4.78 is 0. The number of phenolic OH excluding ortho intramolecular Hbond substituents is 1. The molecule has 0 aromatic heterocycles. The Morgan fingerprint density at radius 2 is 1.72 bits per heavy atom. The first kappa shape index (κ1) is 28.8. The lowest BCUT2D eigenvalue weighted by atomic mass is 9.53. The van der Waals surface area contributed by atoms with Gasteiger partial charge in [-0.05, 0) is 97.9 Å². The minimum absolute atomic E-state index is 0.0428. The molecule has 7 nitrogen and oxygen atoms in total. The van der Waals surface area contributed by atoms with Crippen molar-refractivity contribution in [2.24, 2.45) is 17.3 Å². The number of fused-ring (bicyclic) bond motifs is 5. The molecule has 2 aliphatic heterocycles. The average Bonchev–Trinajstić information content (AvgIpc) is 3.60. The molecular weight excluding hydrogens is 538 g/mol. The Labute approximate surface area is 255 Å². The van der Waals surface area contributed by atoms with E-state index in [0.717, 1.165) is 70.0 Å². The van der Waals surface area contributed by atoms with Crippen molar-refractivity contribution in [2.75, 3.05) is 39.3 Å². The van der Waals surface area contributed by atoms with Crippen LogP contribution in [0.2, 0.25) is 0 Å². The van der Waals surface area contributed by atoms with E-state index >= 15 is 0 Å². The Bertz CT molecular complexity index is 1360. The highest BCUT2D eigenvalue weighted by Gasteiger charge is 2.61. The average molecular weight is 586 g/mol. The second kappa shape index (κ2) is 11.2. The molecule has 0 unspecified atom stereocenters. The number of rotatable bonds is 5. The van der Waals surface area contributed by atoms with Crippen LogP contribution in [0.5, 0.6) is 5.75 Å².